The number of hydrogen-bond acceptors (Lipinski definition) is 1. The summed E-state index contributed by atoms with van der Waals surface area (Å²) >= 11 is 0. The summed E-state index contributed by atoms with van der Waals surface area (Å²) in [7, 11) is 2.92. The summed E-state index contributed by atoms with van der Waals surface area (Å²) in [6, 6.07) is 3.54. The Kier molecular flexibility index (Phi) is 3.39. The van der Waals surface area contributed by atoms with Gasteiger partial charge in [0.05, 0.1) is 5.60 Å². The van der Waals surface area contributed by atoms with E-state index in [2.05, 4.69) is 10.5 Å². The van der Waals surface area contributed by atoms with Crippen LogP contribution in [0.15, 0.2) is 18.2 Å². The van der Waals surface area contributed by atoms with Crippen LogP contribution in [-0.2, 0) is 10.8 Å². The first-order valence-electron chi connectivity index (χ1n) is 4.23. The van der Waals surface area contributed by atoms with Crippen molar-refractivity contribution in [2.24, 2.45) is 0 Å². The van der Waals surface area contributed by atoms with Crippen LogP contribution in [-0.4, -0.2) is 16.1 Å². The highest BCUT2D eigenvalue weighted by atomic mass is 28.2. The molecule has 0 N–H and O–H groups in total. The minimum Gasteiger partial charge on any atom is -0.413 e. The van der Waals surface area contributed by atoms with E-state index in [0.717, 1.165) is 6.07 Å². The van der Waals surface area contributed by atoms with Crippen molar-refractivity contribution in [3.63, 3.8) is 0 Å². The van der Waals surface area contributed by atoms with E-state index in [1.165, 1.54) is 12.1 Å². The molecule has 0 spiro atoms. The minimum atomic E-state index is -0.566. The lowest BCUT2D eigenvalue weighted by Crippen LogP contribution is -2.26. The first kappa shape index (κ1) is 11.3. The van der Waals surface area contributed by atoms with E-state index in [9.17, 15) is 8.78 Å². The van der Waals surface area contributed by atoms with Crippen molar-refractivity contribution in [2.45, 2.75) is 25.9 Å². The Labute approximate surface area is 85.6 Å². The van der Waals surface area contributed by atoms with Crippen LogP contribution >= 0.6 is 0 Å². The lowest BCUT2D eigenvalue weighted by molar-refractivity contribution is 0.123. The molecule has 0 fully saturated rings. The number of halogens is 2. The van der Waals surface area contributed by atoms with E-state index in [1.807, 2.05) is 13.8 Å². The SMILES string of the molecule is CC(C)(Cc1ccc(F)cc1F)O[Si]. The van der Waals surface area contributed by atoms with Crippen LogP contribution < -0.4 is 0 Å². The van der Waals surface area contributed by atoms with Crippen molar-refractivity contribution in [3.8, 4) is 0 Å². The first-order valence-corrected chi connectivity index (χ1v) is 4.64. The second-order valence-corrected chi connectivity index (χ2v) is 3.98. The van der Waals surface area contributed by atoms with Crippen LogP contribution in [0.1, 0.15) is 19.4 Å². The van der Waals surface area contributed by atoms with Crippen LogP contribution in [0.3, 0.4) is 0 Å². The highest BCUT2D eigenvalue weighted by molar-refractivity contribution is 5.98. The van der Waals surface area contributed by atoms with E-state index < -0.39 is 17.2 Å². The fourth-order valence-corrected chi connectivity index (χ4v) is 1.23. The van der Waals surface area contributed by atoms with Crippen molar-refractivity contribution in [1.82, 2.24) is 0 Å². The average Bonchev–Trinajstić information content (AvgIpc) is 2.10. The highest BCUT2D eigenvalue weighted by Crippen LogP contribution is 2.18. The molecule has 14 heavy (non-hydrogen) atoms. The molecule has 0 heterocycles. The number of rotatable bonds is 3. The standard InChI is InChI=1S/C10H11F2OSi/c1-10(2,13-14)6-7-3-4-8(11)5-9(7)12/h3-5H,6H2,1-2H3. The summed E-state index contributed by atoms with van der Waals surface area (Å²) < 4.78 is 30.8. The van der Waals surface area contributed by atoms with Crippen molar-refractivity contribution in [3.05, 3.63) is 35.4 Å². The molecule has 0 aliphatic carbocycles. The van der Waals surface area contributed by atoms with Gasteiger partial charge in [0.15, 0.2) is 0 Å². The van der Waals surface area contributed by atoms with Crippen LogP contribution in [0.4, 0.5) is 8.78 Å². The molecule has 75 valence electrons. The minimum absolute atomic E-state index is 0.378. The zero-order valence-electron chi connectivity index (χ0n) is 8.10. The Hall–Kier alpha value is -0.743. The zero-order valence-corrected chi connectivity index (χ0v) is 9.10. The second kappa shape index (κ2) is 4.19. The Morgan fingerprint density at radius 2 is 2.00 bits per heavy atom. The molecule has 1 nitrogen and oxygen atoms in total. The highest BCUT2D eigenvalue weighted by Gasteiger charge is 2.18. The fourth-order valence-electron chi connectivity index (χ4n) is 1.16. The molecule has 0 saturated heterocycles. The summed E-state index contributed by atoms with van der Waals surface area (Å²) in [6.07, 6.45) is 0.378. The van der Waals surface area contributed by atoms with Crippen molar-refractivity contribution < 1.29 is 13.2 Å². The van der Waals surface area contributed by atoms with E-state index in [0.29, 0.717) is 12.0 Å². The van der Waals surface area contributed by atoms with E-state index in [4.69, 9.17) is 4.43 Å². The van der Waals surface area contributed by atoms with E-state index in [-0.39, 0.29) is 0 Å². The largest absolute Gasteiger partial charge is 0.413 e. The molecule has 0 unspecified atom stereocenters. The van der Waals surface area contributed by atoms with Gasteiger partial charge in [0, 0.05) is 12.5 Å². The summed E-state index contributed by atoms with van der Waals surface area (Å²) in [5.74, 6) is -1.11. The number of hydrogen-bond donors (Lipinski definition) is 0. The molecule has 0 amide bonds. The predicted molar refractivity (Wildman–Crippen MR) is 51.0 cm³/mol. The molecule has 0 aliphatic rings. The Bertz CT molecular complexity index is 326. The molecule has 0 aromatic heterocycles. The molecule has 1 aromatic carbocycles. The summed E-state index contributed by atoms with van der Waals surface area (Å²) in [6.45, 7) is 3.62. The third kappa shape index (κ3) is 2.89. The number of benzene rings is 1. The lowest BCUT2D eigenvalue weighted by atomic mass is 9.98. The zero-order chi connectivity index (χ0) is 10.8. The predicted octanol–water partition coefficient (Wildman–Crippen LogP) is 2.39. The van der Waals surface area contributed by atoms with Gasteiger partial charge in [-0.15, -0.1) is 0 Å². The summed E-state index contributed by atoms with van der Waals surface area (Å²) in [4.78, 5) is 0. The Morgan fingerprint density at radius 1 is 1.36 bits per heavy atom. The molecule has 1 rings (SSSR count). The normalized spacial score (nSPS) is 11.8. The van der Waals surface area contributed by atoms with Crippen LogP contribution in [0.25, 0.3) is 0 Å². The Balaban J connectivity index is 2.87. The van der Waals surface area contributed by atoms with Crippen molar-refractivity contribution >= 4 is 10.5 Å². The summed E-state index contributed by atoms with van der Waals surface area (Å²) in [5.41, 5.74) is -0.0788. The molecule has 0 aliphatic heterocycles. The van der Waals surface area contributed by atoms with E-state index in [1.54, 1.807) is 0 Å². The van der Waals surface area contributed by atoms with Gasteiger partial charge in [0.2, 0.25) is 10.5 Å². The molecule has 3 radical (unpaired) electrons. The van der Waals surface area contributed by atoms with Gasteiger partial charge in [-0.25, -0.2) is 8.78 Å². The van der Waals surface area contributed by atoms with Gasteiger partial charge in [-0.3, -0.25) is 0 Å². The Morgan fingerprint density at radius 3 is 2.50 bits per heavy atom. The molecule has 0 saturated carbocycles. The summed E-state index contributed by atoms with van der Waals surface area (Å²) in [5, 5.41) is 0. The first-order chi connectivity index (χ1) is 6.44. The van der Waals surface area contributed by atoms with Crippen LogP contribution in [0.2, 0.25) is 0 Å². The second-order valence-electron chi connectivity index (χ2n) is 3.77. The van der Waals surface area contributed by atoms with Gasteiger partial charge in [0.25, 0.3) is 0 Å². The van der Waals surface area contributed by atoms with Gasteiger partial charge >= 0.3 is 0 Å². The van der Waals surface area contributed by atoms with Crippen LogP contribution in [0.5, 0.6) is 0 Å². The third-order valence-electron chi connectivity index (χ3n) is 1.91. The molecule has 0 atom stereocenters. The van der Waals surface area contributed by atoms with Gasteiger partial charge < -0.3 is 4.43 Å². The fraction of sp³-hybridized carbons (Fsp3) is 0.400. The molecule has 1 aromatic rings. The molecule has 0 bridgehead atoms. The maximum atomic E-state index is 13.2. The quantitative estimate of drug-likeness (QED) is 0.700. The van der Waals surface area contributed by atoms with Crippen molar-refractivity contribution in [1.29, 1.82) is 0 Å². The third-order valence-corrected chi connectivity index (χ3v) is 2.46. The monoisotopic (exact) mass is 213 g/mol. The smallest absolute Gasteiger partial charge is 0.246 e. The topological polar surface area (TPSA) is 9.23 Å². The molecule has 4 heteroatoms. The maximum absolute atomic E-state index is 13.2. The molecular formula is C10H11F2OSi. The van der Waals surface area contributed by atoms with Crippen molar-refractivity contribution in [2.75, 3.05) is 0 Å². The van der Waals surface area contributed by atoms with Crippen LogP contribution in [0, 0.1) is 11.6 Å². The van der Waals surface area contributed by atoms with Gasteiger partial charge in [-0.2, -0.15) is 0 Å². The van der Waals surface area contributed by atoms with Gasteiger partial charge in [0.1, 0.15) is 11.6 Å². The van der Waals surface area contributed by atoms with Gasteiger partial charge in [-0.1, -0.05) is 6.07 Å². The van der Waals surface area contributed by atoms with Gasteiger partial charge in [-0.05, 0) is 25.5 Å². The average molecular weight is 213 g/mol. The molecular weight excluding hydrogens is 202 g/mol. The lowest BCUT2D eigenvalue weighted by Gasteiger charge is -2.23. The van der Waals surface area contributed by atoms with E-state index >= 15 is 0 Å². The maximum Gasteiger partial charge on any atom is 0.246 e.